The molecule has 0 aliphatic carbocycles. The first-order valence-corrected chi connectivity index (χ1v) is 21.5. The smallest absolute Gasteiger partial charge is 0.485 e. The summed E-state index contributed by atoms with van der Waals surface area (Å²) >= 11 is 1.55. The van der Waals surface area contributed by atoms with Crippen molar-refractivity contribution in [2.75, 3.05) is 32.8 Å². The summed E-state index contributed by atoms with van der Waals surface area (Å²) in [4.78, 5) is 31.0. The number of rotatable bonds is 15. The molecule has 3 heterocycles. The van der Waals surface area contributed by atoms with Gasteiger partial charge in [-0.15, -0.1) is 20.7 Å². The first kappa shape index (κ1) is 45.0. The second kappa shape index (κ2) is 20.8. The van der Waals surface area contributed by atoms with Crippen molar-refractivity contribution >= 4 is 45.7 Å². The lowest BCUT2D eigenvalue weighted by molar-refractivity contribution is -0.738. The highest BCUT2D eigenvalue weighted by Gasteiger charge is 2.37. The number of nitrogens with one attached hydrogen (secondary N) is 2. The van der Waals surface area contributed by atoms with E-state index in [1.54, 1.807) is 16.2 Å². The second-order valence-electron chi connectivity index (χ2n) is 13.7. The normalized spacial score (nSPS) is 12.8. The van der Waals surface area contributed by atoms with Crippen LogP contribution in [0.3, 0.4) is 0 Å². The zero-order valence-electron chi connectivity index (χ0n) is 33.3. The van der Waals surface area contributed by atoms with E-state index in [2.05, 4.69) is 53.1 Å². The monoisotopic (exact) mass is 889 g/mol. The van der Waals surface area contributed by atoms with E-state index in [0.29, 0.717) is 45.0 Å². The number of amides is 3. The lowest BCUT2D eigenvalue weighted by Gasteiger charge is -2.16. The summed E-state index contributed by atoms with van der Waals surface area (Å²) in [6, 6.07) is 34.3. The molecule has 1 saturated heterocycles. The average Bonchev–Trinajstić information content (AvgIpc) is 4.01. The number of halogens is 3. The molecule has 0 unspecified atom stereocenters. The number of ether oxygens (including phenoxy) is 2. The molecule has 2 N–H and O–H groups in total. The molecule has 3 amide bonds. The van der Waals surface area contributed by atoms with Crippen LogP contribution in [0.15, 0.2) is 115 Å². The van der Waals surface area contributed by atoms with E-state index in [1.165, 1.54) is 11.1 Å². The number of urea groups is 1. The van der Waals surface area contributed by atoms with E-state index in [0.717, 1.165) is 45.2 Å². The van der Waals surface area contributed by atoms with Crippen LogP contribution in [-0.2, 0) is 34.9 Å². The summed E-state index contributed by atoms with van der Waals surface area (Å²) in [5, 5.41) is 13.3. The van der Waals surface area contributed by atoms with Gasteiger partial charge in [0.2, 0.25) is 0 Å². The standard InChI is InChI=1S/C42H41N7O4S.CHF3O3S/c1-47-37(13-8-22-44-42(51)53-29-32-9-4-2-5-10-32)28-49(46-47)36-20-21-38(39(27-36)52-26-25-48-24-23-43-41(48)50)40-45-35(30-54-40)19-16-31-14-17-34(18-15-31)33-11-6-3-7-12-33;2-1(3,4)8(5,6)7/h2-7,9-12,14-21,27-28,30H,8,13,22-26,29H2,1H3,(H-,43,44,50,51);(H,5,6,7)/b19-16+;. The lowest BCUT2D eigenvalue weighted by atomic mass is 10.0. The highest BCUT2D eigenvalue weighted by atomic mass is 32.2. The van der Waals surface area contributed by atoms with Gasteiger partial charge in [-0.2, -0.15) is 13.2 Å². The minimum absolute atomic E-state index is 0.0746. The van der Waals surface area contributed by atoms with Crippen molar-refractivity contribution in [3.8, 4) is 33.1 Å². The highest BCUT2D eigenvalue weighted by Crippen LogP contribution is 2.35. The van der Waals surface area contributed by atoms with E-state index in [9.17, 15) is 22.8 Å². The molecular formula is C43H42F3N7O7S2. The Morgan fingerprint density at radius 1 is 1.00 bits per heavy atom. The number of carbonyl (C=O) groups is 2. The zero-order chi connectivity index (χ0) is 44.1. The first-order chi connectivity index (χ1) is 29.7. The maximum absolute atomic E-state index is 12.2. The maximum Gasteiger partial charge on any atom is 0.485 e. The van der Waals surface area contributed by atoms with Gasteiger partial charge in [0.05, 0.1) is 23.0 Å². The van der Waals surface area contributed by atoms with E-state index in [-0.39, 0.29) is 12.6 Å². The van der Waals surface area contributed by atoms with Gasteiger partial charge in [-0.1, -0.05) is 91.0 Å². The van der Waals surface area contributed by atoms with Crippen molar-refractivity contribution in [2.24, 2.45) is 7.05 Å². The van der Waals surface area contributed by atoms with Gasteiger partial charge in [-0.25, -0.2) is 23.0 Å². The van der Waals surface area contributed by atoms with Crippen LogP contribution in [-0.4, -0.2) is 83.2 Å². The van der Waals surface area contributed by atoms with Crippen molar-refractivity contribution in [3.63, 3.8) is 0 Å². The third-order valence-corrected chi connectivity index (χ3v) is 10.8. The van der Waals surface area contributed by atoms with Crippen LogP contribution >= 0.6 is 11.3 Å². The van der Waals surface area contributed by atoms with Crippen LogP contribution in [0, 0.1) is 0 Å². The average molecular weight is 890 g/mol. The quantitative estimate of drug-likeness (QED) is 0.0478. The van der Waals surface area contributed by atoms with Crippen LogP contribution in [0.4, 0.5) is 22.8 Å². The van der Waals surface area contributed by atoms with Crippen LogP contribution < -0.4 is 20.1 Å². The predicted molar refractivity (Wildman–Crippen MR) is 226 cm³/mol. The Balaban J connectivity index is 0.000000730. The molecule has 0 radical (unpaired) electrons. The molecule has 1 aliphatic heterocycles. The van der Waals surface area contributed by atoms with Crippen LogP contribution in [0.25, 0.3) is 39.5 Å². The van der Waals surface area contributed by atoms with Gasteiger partial charge in [0.1, 0.15) is 31.0 Å². The SMILES string of the molecule is C[n+]1nn(-c2ccc(-c3nc(/C=C/c4ccc(-c5ccccc5)cc4)cs3)c(OCCN3CCNC3=O)c2)cc1CCCNC(=O)OCc1ccccc1.O=S(=O)([O-])C(F)(F)F. The van der Waals surface area contributed by atoms with Crippen LogP contribution in [0.5, 0.6) is 5.75 Å². The number of nitrogens with zero attached hydrogens (tertiary/aromatic N) is 5. The molecule has 14 nitrogen and oxygen atoms in total. The summed E-state index contributed by atoms with van der Waals surface area (Å²) in [5.74, 6) is 0.659. The van der Waals surface area contributed by atoms with Crippen LogP contribution in [0.2, 0.25) is 0 Å². The maximum atomic E-state index is 12.2. The molecule has 0 atom stereocenters. The van der Waals surface area contributed by atoms with Gasteiger partial charge in [-0.05, 0) is 46.9 Å². The fourth-order valence-corrected chi connectivity index (χ4v) is 6.88. The van der Waals surface area contributed by atoms with Gasteiger partial charge < -0.3 is 29.6 Å². The molecule has 6 aromatic rings. The minimum Gasteiger partial charge on any atom is -0.741 e. The Hall–Kier alpha value is -6.57. The van der Waals surface area contributed by atoms with Crippen molar-refractivity contribution in [1.82, 2.24) is 30.4 Å². The van der Waals surface area contributed by atoms with E-state index in [4.69, 9.17) is 32.6 Å². The summed E-state index contributed by atoms with van der Waals surface area (Å²) in [6.07, 6.45) is 7.07. The van der Waals surface area contributed by atoms with Crippen molar-refractivity contribution in [3.05, 3.63) is 137 Å². The molecule has 0 spiro atoms. The topological polar surface area (TPSA) is 172 Å². The van der Waals surface area contributed by atoms with Crippen molar-refractivity contribution < 1.29 is 49.9 Å². The molecular weight excluding hydrogens is 848 g/mol. The molecule has 1 aliphatic rings. The molecule has 4 aromatic carbocycles. The highest BCUT2D eigenvalue weighted by molar-refractivity contribution is 7.86. The number of aryl methyl sites for hydroxylation is 2. The fourth-order valence-electron chi connectivity index (χ4n) is 6.06. The zero-order valence-corrected chi connectivity index (χ0v) is 35.0. The summed E-state index contributed by atoms with van der Waals surface area (Å²) in [7, 11) is -4.19. The number of thiazole rings is 1. The van der Waals surface area contributed by atoms with Gasteiger partial charge >= 0.3 is 17.6 Å². The number of alkyl halides is 3. The van der Waals surface area contributed by atoms with E-state index >= 15 is 0 Å². The molecule has 324 valence electrons. The number of benzene rings is 4. The third kappa shape index (κ3) is 12.7. The minimum atomic E-state index is -6.09. The van der Waals surface area contributed by atoms with Gasteiger partial charge in [0.15, 0.2) is 27.7 Å². The molecule has 19 heteroatoms. The summed E-state index contributed by atoms with van der Waals surface area (Å²) in [5.41, 5.74) is 2.31. The molecule has 62 heavy (non-hydrogen) atoms. The lowest BCUT2D eigenvalue weighted by Crippen LogP contribution is -2.35. The molecule has 0 bridgehead atoms. The first-order valence-electron chi connectivity index (χ1n) is 19.2. The Bertz CT molecular complexity index is 2570. The van der Waals surface area contributed by atoms with E-state index in [1.807, 2.05) is 101 Å². The van der Waals surface area contributed by atoms with Crippen LogP contribution in [0.1, 0.15) is 28.9 Å². The number of carbonyl (C=O) groups excluding carboxylic acids is 2. The predicted octanol–water partition coefficient (Wildman–Crippen LogP) is 6.97. The number of aromatic nitrogens is 4. The van der Waals surface area contributed by atoms with Crippen molar-refractivity contribution in [1.29, 1.82) is 0 Å². The molecule has 1 fully saturated rings. The largest absolute Gasteiger partial charge is 0.741 e. The van der Waals surface area contributed by atoms with Gasteiger partial charge in [0, 0.05) is 37.5 Å². The summed E-state index contributed by atoms with van der Waals surface area (Å²) in [6.45, 7) is 2.81. The van der Waals surface area contributed by atoms with Gasteiger partial charge in [0.25, 0.3) is 0 Å². The Morgan fingerprint density at radius 2 is 1.69 bits per heavy atom. The summed E-state index contributed by atoms with van der Waals surface area (Å²) < 4.78 is 74.2. The number of hydrogen-bond donors (Lipinski definition) is 2. The van der Waals surface area contributed by atoms with Gasteiger partial charge in [-0.3, -0.25) is 0 Å². The Kier molecular flexibility index (Phi) is 15.1. The number of hydrogen-bond acceptors (Lipinski definition) is 10. The molecule has 0 saturated carbocycles. The second-order valence-corrected chi connectivity index (χ2v) is 15.9. The fraction of sp³-hybridized carbons (Fsp3) is 0.233. The van der Waals surface area contributed by atoms with E-state index < -0.39 is 21.7 Å². The molecule has 2 aromatic heterocycles. The third-order valence-electron chi connectivity index (χ3n) is 9.30. The van der Waals surface area contributed by atoms with Crippen molar-refractivity contribution in [2.45, 2.75) is 25.0 Å². The number of alkyl carbamates (subject to hydrolysis) is 1. The Labute approximate surface area is 360 Å². The Morgan fingerprint density at radius 3 is 2.37 bits per heavy atom. The molecule has 7 rings (SSSR count).